The molecule has 18 heavy (non-hydrogen) atoms. The van der Waals surface area contributed by atoms with E-state index in [4.69, 9.17) is 5.26 Å². The van der Waals surface area contributed by atoms with E-state index in [0.717, 1.165) is 25.1 Å². The highest BCUT2D eigenvalue weighted by molar-refractivity contribution is 5.60. The topological polar surface area (TPSA) is 90.4 Å². The van der Waals surface area contributed by atoms with Gasteiger partial charge < -0.3 is 10.0 Å². The molecule has 1 fully saturated rings. The lowest BCUT2D eigenvalue weighted by Gasteiger charge is -2.25. The zero-order valence-electron chi connectivity index (χ0n) is 9.74. The smallest absolute Gasteiger partial charge is 0.287 e. The Morgan fingerprint density at radius 1 is 1.61 bits per heavy atom. The molecule has 1 aromatic carbocycles. The van der Waals surface area contributed by atoms with Gasteiger partial charge in [0.1, 0.15) is 11.6 Å². The van der Waals surface area contributed by atoms with Crippen molar-refractivity contribution in [1.29, 1.82) is 5.26 Å². The first-order valence-corrected chi connectivity index (χ1v) is 5.73. The number of nitro benzene ring substituents is 1. The first kappa shape index (κ1) is 12.3. The highest BCUT2D eigenvalue weighted by Gasteiger charge is 2.25. The molecule has 1 aliphatic rings. The third-order valence-corrected chi connectivity index (χ3v) is 3.22. The van der Waals surface area contributed by atoms with Gasteiger partial charge in [-0.05, 0) is 25.0 Å². The summed E-state index contributed by atoms with van der Waals surface area (Å²) in [5.41, 5.74) is 0.635. The van der Waals surface area contributed by atoms with E-state index in [2.05, 4.69) is 0 Å². The number of rotatable bonds is 3. The van der Waals surface area contributed by atoms with Crippen molar-refractivity contribution in [3.8, 4) is 6.07 Å². The monoisotopic (exact) mass is 247 g/mol. The normalized spacial score (nSPS) is 18.7. The van der Waals surface area contributed by atoms with Gasteiger partial charge in [-0.25, -0.2) is 0 Å². The van der Waals surface area contributed by atoms with Gasteiger partial charge in [0.15, 0.2) is 0 Å². The first-order valence-electron chi connectivity index (χ1n) is 5.73. The molecular weight excluding hydrogens is 234 g/mol. The van der Waals surface area contributed by atoms with E-state index in [1.807, 2.05) is 11.0 Å². The minimum atomic E-state index is -0.560. The van der Waals surface area contributed by atoms with Crippen LogP contribution in [-0.2, 0) is 0 Å². The van der Waals surface area contributed by atoms with E-state index in [1.54, 1.807) is 6.07 Å². The number of nitriles is 1. The van der Waals surface area contributed by atoms with Crippen molar-refractivity contribution in [2.24, 2.45) is 0 Å². The van der Waals surface area contributed by atoms with Crippen LogP contribution >= 0.6 is 0 Å². The van der Waals surface area contributed by atoms with Crippen LogP contribution in [0.4, 0.5) is 11.4 Å². The molecule has 94 valence electrons. The molecule has 1 saturated heterocycles. The molecule has 6 nitrogen and oxygen atoms in total. The number of anilines is 1. The Morgan fingerprint density at radius 2 is 2.39 bits per heavy atom. The average Bonchev–Trinajstić information content (AvgIpc) is 2.86. The molecule has 6 heteroatoms. The Kier molecular flexibility index (Phi) is 3.44. The van der Waals surface area contributed by atoms with E-state index in [9.17, 15) is 15.2 Å². The molecule has 1 atom stereocenters. The van der Waals surface area contributed by atoms with Crippen LogP contribution in [0.5, 0.6) is 0 Å². The van der Waals surface area contributed by atoms with Crippen LogP contribution in [0.25, 0.3) is 0 Å². The van der Waals surface area contributed by atoms with E-state index in [-0.39, 0.29) is 23.9 Å². The predicted octanol–water partition coefficient (Wildman–Crippen LogP) is 1.43. The van der Waals surface area contributed by atoms with Gasteiger partial charge in [0.25, 0.3) is 5.69 Å². The standard InChI is InChI=1S/C12H13N3O3/c13-7-9-6-10(3-4-12(9)15(17)18)14-5-1-2-11(14)8-16/h3-4,6,11,16H,1-2,5,8H2. The Morgan fingerprint density at radius 3 is 3.00 bits per heavy atom. The minimum Gasteiger partial charge on any atom is -0.394 e. The van der Waals surface area contributed by atoms with Gasteiger partial charge in [0.2, 0.25) is 0 Å². The molecule has 1 heterocycles. The van der Waals surface area contributed by atoms with Gasteiger partial charge in [0, 0.05) is 18.3 Å². The van der Waals surface area contributed by atoms with Gasteiger partial charge in [-0.15, -0.1) is 0 Å². The number of hydrogen-bond acceptors (Lipinski definition) is 5. The summed E-state index contributed by atoms with van der Waals surface area (Å²) in [7, 11) is 0. The number of aliphatic hydroxyl groups is 1. The summed E-state index contributed by atoms with van der Waals surface area (Å²) in [4.78, 5) is 12.2. The third-order valence-electron chi connectivity index (χ3n) is 3.22. The molecule has 2 rings (SSSR count). The van der Waals surface area contributed by atoms with Crippen molar-refractivity contribution >= 4 is 11.4 Å². The second-order valence-corrected chi connectivity index (χ2v) is 4.24. The fraction of sp³-hybridized carbons (Fsp3) is 0.417. The van der Waals surface area contributed by atoms with Crippen molar-refractivity contribution in [2.75, 3.05) is 18.1 Å². The Bertz CT molecular complexity index is 510. The van der Waals surface area contributed by atoms with Crippen LogP contribution in [-0.4, -0.2) is 29.2 Å². The Hall–Kier alpha value is -2.13. The molecule has 0 aliphatic carbocycles. The summed E-state index contributed by atoms with van der Waals surface area (Å²) in [5, 5.41) is 28.9. The third kappa shape index (κ3) is 2.13. The number of hydrogen-bond donors (Lipinski definition) is 1. The van der Waals surface area contributed by atoms with Crippen LogP contribution in [0.15, 0.2) is 18.2 Å². The van der Waals surface area contributed by atoms with Crippen LogP contribution in [0.3, 0.4) is 0 Å². The van der Waals surface area contributed by atoms with Crippen LogP contribution in [0.2, 0.25) is 0 Å². The van der Waals surface area contributed by atoms with Crippen LogP contribution in [0.1, 0.15) is 18.4 Å². The van der Waals surface area contributed by atoms with E-state index in [0.29, 0.717) is 0 Å². The number of aliphatic hydroxyl groups excluding tert-OH is 1. The van der Waals surface area contributed by atoms with Gasteiger partial charge >= 0.3 is 0 Å². The molecule has 1 aromatic rings. The number of benzene rings is 1. The van der Waals surface area contributed by atoms with E-state index < -0.39 is 4.92 Å². The highest BCUT2D eigenvalue weighted by Crippen LogP contribution is 2.29. The van der Waals surface area contributed by atoms with Gasteiger partial charge in [-0.1, -0.05) is 0 Å². The van der Waals surface area contributed by atoms with Crippen molar-refractivity contribution < 1.29 is 10.0 Å². The lowest BCUT2D eigenvalue weighted by atomic mass is 10.1. The highest BCUT2D eigenvalue weighted by atomic mass is 16.6. The van der Waals surface area contributed by atoms with E-state index in [1.165, 1.54) is 12.1 Å². The van der Waals surface area contributed by atoms with Gasteiger partial charge in [-0.2, -0.15) is 5.26 Å². The molecule has 0 saturated carbocycles. The lowest BCUT2D eigenvalue weighted by Crippen LogP contribution is -2.32. The summed E-state index contributed by atoms with van der Waals surface area (Å²) in [6.45, 7) is 0.854. The van der Waals surface area contributed by atoms with Crippen molar-refractivity contribution in [2.45, 2.75) is 18.9 Å². The Labute approximate surface area is 104 Å². The maximum Gasteiger partial charge on any atom is 0.287 e. The average molecular weight is 247 g/mol. The largest absolute Gasteiger partial charge is 0.394 e. The summed E-state index contributed by atoms with van der Waals surface area (Å²) in [6.07, 6.45) is 1.87. The summed E-state index contributed by atoms with van der Waals surface area (Å²) < 4.78 is 0. The number of nitro groups is 1. The number of nitrogens with zero attached hydrogens (tertiary/aromatic N) is 3. The van der Waals surface area contributed by atoms with Crippen LogP contribution in [0, 0.1) is 21.4 Å². The molecule has 0 bridgehead atoms. The van der Waals surface area contributed by atoms with Gasteiger partial charge in [-0.3, -0.25) is 10.1 Å². The summed E-state index contributed by atoms with van der Waals surface area (Å²) >= 11 is 0. The molecular formula is C12H13N3O3. The molecule has 0 spiro atoms. The Balaban J connectivity index is 2.36. The first-order chi connectivity index (χ1) is 8.67. The van der Waals surface area contributed by atoms with Crippen molar-refractivity contribution in [3.05, 3.63) is 33.9 Å². The molecule has 0 aromatic heterocycles. The molecule has 0 amide bonds. The molecule has 1 N–H and O–H groups in total. The molecule has 1 unspecified atom stereocenters. The van der Waals surface area contributed by atoms with Gasteiger partial charge in [0.05, 0.1) is 17.6 Å². The SMILES string of the molecule is N#Cc1cc(N2CCCC2CO)ccc1[N+](=O)[O-]. The molecule has 0 radical (unpaired) electrons. The van der Waals surface area contributed by atoms with Crippen molar-refractivity contribution in [3.63, 3.8) is 0 Å². The van der Waals surface area contributed by atoms with Crippen molar-refractivity contribution in [1.82, 2.24) is 0 Å². The zero-order valence-corrected chi connectivity index (χ0v) is 9.74. The zero-order chi connectivity index (χ0) is 13.1. The minimum absolute atomic E-state index is 0.0398. The quantitative estimate of drug-likeness (QED) is 0.644. The van der Waals surface area contributed by atoms with Crippen LogP contribution < -0.4 is 4.90 Å². The van der Waals surface area contributed by atoms with E-state index >= 15 is 0 Å². The maximum atomic E-state index is 10.7. The maximum absolute atomic E-state index is 10.7. The fourth-order valence-corrected chi connectivity index (χ4v) is 2.32. The second-order valence-electron chi connectivity index (χ2n) is 4.24. The molecule has 1 aliphatic heterocycles. The predicted molar refractivity (Wildman–Crippen MR) is 65.3 cm³/mol. The second kappa shape index (κ2) is 5.02. The lowest BCUT2D eigenvalue weighted by molar-refractivity contribution is -0.385. The summed E-state index contributed by atoms with van der Waals surface area (Å²) in [6, 6.07) is 6.38. The fourth-order valence-electron chi connectivity index (χ4n) is 2.32. The summed E-state index contributed by atoms with van der Waals surface area (Å²) in [5.74, 6) is 0.